The number of benzene rings is 1. The molecule has 1 heterocycles. The van der Waals surface area contributed by atoms with Crippen molar-refractivity contribution in [3.8, 4) is 0 Å². The second kappa shape index (κ2) is 5.53. The van der Waals surface area contributed by atoms with Crippen LogP contribution < -0.4 is 0 Å². The SMILES string of the molecule is CN(C(=O)OCc1ccccc1)C1(C)Cc2ccsc2C1. The Morgan fingerprint density at radius 2 is 2.05 bits per heavy atom. The Labute approximate surface area is 129 Å². The molecule has 1 aliphatic rings. The van der Waals surface area contributed by atoms with Crippen LogP contribution in [0.4, 0.5) is 4.79 Å². The topological polar surface area (TPSA) is 29.5 Å². The summed E-state index contributed by atoms with van der Waals surface area (Å²) < 4.78 is 5.43. The summed E-state index contributed by atoms with van der Waals surface area (Å²) in [6.45, 7) is 2.45. The van der Waals surface area contributed by atoms with Gasteiger partial charge in [-0.1, -0.05) is 30.3 Å². The van der Waals surface area contributed by atoms with Crippen molar-refractivity contribution < 1.29 is 9.53 Å². The number of amides is 1. The van der Waals surface area contributed by atoms with Crippen LogP contribution in [0.2, 0.25) is 0 Å². The highest BCUT2D eigenvalue weighted by Crippen LogP contribution is 2.37. The van der Waals surface area contributed by atoms with E-state index in [9.17, 15) is 4.79 Å². The summed E-state index contributed by atoms with van der Waals surface area (Å²) >= 11 is 1.77. The van der Waals surface area contributed by atoms with Gasteiger partial charge in [0.05, 0.1) is 5.54 Å². The Morgan fingerprint density at radius 1 is 1.29 bits per heavy atom. The average molecular weight is 301 g/mol. The van der Waals surface area contributed by atoms with Crippen molar-refractivity contribution in [1.82, 2.24) is 4.90 Å². The number of hydrogen-bond donors (Lipinski definition) is 0. The molecule has 1 atom stereocenters. The number of thiophene rings is 1. The first-order valence-corrected chi connectivity index (χ1v) is 7.96. The number of likely N-dealkylation sites (N-methyl/N-ethyl adjacent to an activating group) is 1. The van der Waals surface area contributed by atoms with Gasteiger partial charge in [0, 0.05) is 18.3 Å². The van der Waals surface area contributed by atoms with Crippen LogP contribution in [0.5, 0.6) is 0 Å². The highest BCUT2D eigenvalue weighted by molar-refractivity contribution is 7.10. The Balaban J connectivity index is 1.61. The third-order valence-corrected chi connectivity index (χ3v) is 5.20. The highest BCUT2D eigenvalue weighted by atomic mass is 32.1. The molecule has 0 N–H and O–H groups in total. The van der Waals surface area contributed by atoms with Gasteiger partial charge in [-0.3, -0.25) is 0 Å². The van der Waals surface area contributed by atoms with Gasteiger partial charge < -0.3 is 9.64 Å². The van der Waals surface area contributed by atoms with Gasteiger partial charge in [0.2, 0.25) is 0 Å². The molecule has 1 aliphatic carbocycles. The van der Waals surface area contributed by atoms with Gasteiger partial charge in [-0.15, -0.1) is 11.3 Å². The van der Waals surface area contributed by atoms with Crippen molar-refractivity contribution in [3.63, 3.8) is 0 Å². The second-order valence-electron chi connectivity index (χ2n) is 5.82. The zero-order valence-corrected chi connectivity index (χ0v) is 13.2. The van der Waals surface area contributed by atoms with Gasteiger partial charge >= 0.3 is 6.09 Å². The van der Waals surface area contributed by atoms with Crippen molar-refractivity contribution in [2.24, 2.45) is 0 Å². The molecule has 0 saturated heterocycles. The van der Waals surface area contributed by atoms with Crippen molar-refractivity contribution in [1.29, 1.82) is 0 Å². The largest absolute Gasteiger partial charge is 0.445 e. The van der Waals surface area contributed by atoms with E-state index in [1.807, 2.05) is 37.4 Å². The summed E-state index contributed by atoms with van der Waals surface area (Å²) in [5.74, 6) is 0. The lowest BCUT2D eigenvalue weighted by Crippen LogP contribution is -2.48. The van der Waals surface area contributed by atoms with Crippen molar-refractivity contribution >= 4 is 17.4 Å². The number of rotatable bonds is 3. The number of fused-ring (bicyclic) bond motifs is 1. The van der Waals surface area contributed by atoms with Gasteiger partial charge in [-0.2, -0.15) is 0 Å². The molecule has 110 valence electrons. The minimum atomic E-state index is -0.253. The van der Waals surface area contributed by atoms with Gasteiger partial charge in [0.15, 0.2) is 0 Å². The molecule has 0 spiro atoms. The van der Waals surface area contributed by atoms with Crippen molar-refractivity contribution in [2.75, 3.05) is 7.05 Å². The van der Waals surface area contributed by atoms with Gasteiger partial charge in [-0.05, 0) is 35.9 Å². The lowest BCUT2D eigenvalue weighted by molar-refractivity contribution is 0.0681. The summed E-state index contributed by atoms with van der Waals surface area (Å²) in [6.07, 6.45) is 1.57. The number of nitrogens with zero attached hydrogens (tertiary/aromatic N) is 1. The van der Waals surface area contributed by atoms with E-state index in [2.05, 4.69) is 18.4 Å². The van der Waals surface area contributed by atoms with E-state index in [-0.39, 0.29) is 11.6 Å². The molecule has 0 bridgehead atoms. The van der Waals surface area contributed by atoms with E-state index in [0.717, 1.165) is 18.4 Å². The summed E-state index contributed by atoms with van der Waals surface area (Å²) in [4.78, 5) is 15.4. The number of hydrogen-bond acceptors (Lipinski definition) is 3. The van der Waals surface area contributed by atoms with Crippen LogP contribution >= 0.6 is 11.3 Å². The first kappa shape index (κ1) is 14.1. The Morgan fingerprint density at radius 3 is 2.76 bits per heavy atom. The van der Waals surface area contributed by atoms with E-state index in [1.54, 1.807) is 16.2 Å². The summed E-state index contributed by atoms with van der Waals surface area (Å²) in [7, 11) is 1.84. The predicted octanol–water partition coefficient (Wildman–Crippen LogP) is 3.87. The van der Waals surface area contributed by atoms with Crippen molar-refractivity contribution in [3.05, 3.63) is 57.8 Å². The molecular formula is C17H19NO2S. The second-order valence-corrected chi connectivity index (χ2v) is 6.82. The zero-order valence-electron chi connectivity index (χ0n) is 12.3. The quantitative estimate of drug-likeness (QED) is 0.861. The molecule has 0 aliphatic heterocycles. The van der Waals surface area contributed by atoms with Crippen LogP contribution in [-0.4, -0.2) is 23.6 Å². The highest BCUT2D eigenvalue weighted by Gasteiger charge is 2.40. The molecule has 1 unspecified atom stereocenters. The number of carbonyl (C=O) groups excluding carboxylic acids is 1. The molecule has 1 aromatic carbocycles. The van der Waals surface area contributed by atoms with Crippen LogP contribution in [0.3, 0.4) is 0 Å². The fraction of sp³-hybridized carbons (Fsp3) is 0.353. The van der Waals surface area contributed by atoms with Gasteiger partial charge in [0.25, 0.3) is 0 Å². The van der Waals surface area contributed by atoms with E-state index < -0.39 is 0 Å². The summed E-state index contributed by atoms with van der Waals surface area (Å²) in [5.41, 5.74) is 2.20. The molecule has 3 rings (SSSR count). The maximum atomic E-state index is 12.3. The average Bonchev–Trinajstić information content (AvgIpc) is 3.04. The number of carbonyl (C=O) groups is 1. The molecule has 0 fully saturated rings. The first-order chi connectivity index (χ1) is 10.1. The van der Waals surface area contributed by atoms with E-state index in [1.165, 1.54) is 10.4 Å². The summed E-state index contributed by atoms with van der Waals surface area (Å²) in [6, 6.07) is 11.9. The smallest absolute Gasteiger partial charge is 0.410 e. The Kier molecular flexibility index (Phi) is 3.72. The standard InChI is InChI=1S/C17H19NO2S/c1-17(10-14-8-9-21-15(14)11-17)18(2)16(19)20-12-13-6-4-3-5-7-13/h3-9H,10-12H2,1-2H3. The van der Waals surface area contributed by atoms with E-state index in [4.69, 9.17) is 4.74 Å². The van der Waals surface area contributed by atoms with Crippen LogP contribution in [0.15, 0.2) is 41.8 Å². The molecule has 2 aromatic rings. The number of ether oxygens (including phenoxy) is 1. The lowest BCUT2D eigenvalue weighted by atomic mass is 9.97. The molecule has 0 saturated carbocycles. The minimum absolute atomic E-state index is 0.170. The zero-order chi connectivity index (χ0) is 14.9. The maximum absolute atomic E-state index is 12.3. The third-order valence-electron chi connectivity index (χ3n) is 4.24. The molecule has 3 nitrogen and oxygen atoms in total. The first-order valence-electron chi connectivity index (χ1n) is 7.08. The predicted molar refractivity (Wildman–Crippen MR) is 84.5 cm³/mol. The Bertz CT molecular complexity index is 615. The van der Waals surface area contributed by atoms with Crippen LogP contribution in [0, 0.1) is 0 Å². The molecule has 4 heteroatoms. The van der Waals surface area contributed by atoms with Crippen molar-refractivity contribution in [2.45, 2.75) is 31.9 Å². The molecular weight excluding hydrogens is 282 g/mol. The van der Waals surface area contributed by atoms with Gasteiger partial charge in [-0.25, -0.2) is 4.79 Å². The molecule has 1 aromatic heterocycles. The molecule has 21 heavy (non-hydrogen) atoms. The third kappa shape index (κ3) is 2.81. The van der Waals surface area contributed by atoms with Gasteiger partial charge in [0.1, 0.15) is 6.61 Å². The van der Waals surface area contributed by atoms with Crippen LogP contribution in [0.1, 0.15) is 22.9 Å². The fourth-order valence-corrected chi connectivity index (χ4v) is 3.85. The van der Waals surface area contributed by atoms with E-state index in [0.29, 0.717) is 6.61 Å². The monoisotopic (exact) mass is 301 g/mol. The van der Waals surface area contributed by atoms with Crippen LogP contribution in [-0.2, 0) is 24.2 Å². The molecule has 1 amide bonds. The summed E-state index contributed by atoms with van der Waals surface area (Å²) in [5, 5.41) is 2.12. The normalized spacial score (nSPS) is 20.1. The minimum Gasteiger partial charge on any atom is -0.445 e. The Hall–Kier alpha value is -1.81. The van der Waals surface area contributed by atoms with E-state index >= 15 is 0 Å². The lowest BCUT2D eigenvalue weighted by Gasteiger charge is -2.34. The maximum Gasteiger partial charge on any atom is 0.410 e. The molecule has 0 radical (unpaired) electrons. The fourth-order valence-electron chi connectivity index (χ4n) is 2.77. The van der Waals surface area contributed by atoms with Crippen LogP contribution in [0.25, 0.3) is 0 Å².